The summed E-state index contributed by atoms with van der Waals surface area (Å²) in [5, 5.41) is 3.22. The number of ether oxygens (including phenoxy) is 2. The number of carbonyl (C=O) groups is 1. The average molecular weight is 252 g/mol. The van der Waals surface area contributed by atoms with E-state index in [-0.39, 0.29) is 6.04 Å². The Kier molecular flexibility index (Phi) is 5.58. The Hall–Kier alpha value is -1.62. The lowest BCUT2D eigenvalue weighted by Gasteiger charge is -2.18. The van der Waals surface area contributed by atoms with Crippen molar-refractivity contribution in [2.75, 3.05) is 26.1 Å². The van der Waals surface area contributed by atoms with Gasteiger partial charge >= 0.3 is 5.97 Å². The van der Waals surface area contributed by atoms with E-state index < -0.39 is 5.97 Å². The van der Waals surface area contributed by atoms with Gasteiger partial charge in [0.2, 0.25) is 0 Å². The minimum absolute atomic E-state index is 0.118. The molecule has 0 fully saturated rings. The lowest BCUT2D eigenvalue weighted by molar-refractivity contribution is 0.0601. The molecule has 100 valence electrons. The third-order valence-electron chi connectivity index (χ3n) is 2.64. The molecular formula is C13H20N2O3. The number of rotatable bonds is 6. The van der Waals surface area contributed by atoms with E-state index in [2.05, 4.69) is 10.3 Å². The van der Waals surface area contributed by atoms with Crippen LogP contribution in [0, 0.1) is 6.92 Å². The quantitative estimate of drug-likeness (QED) is 0.785. The predicted molar refractivity (Wildman–Crippen MR) is 69.9 cm³/mol. The fourth-order valence-corrected chi connectivity index (χ4v) is 1.60. The van der Waals surface area contributed by atoms with Gasteiger partial charge in [0.15, 0.2) is 0 Å². The van der Waals surface area contributed by atoms with Gasteiger partial charge in [0.05, 0.1) is 19.8 Å². The van der Waals surface area contributed by atoms with Gasteiger partial charge in [0, 0.05) is 12.8 Å². The highest BCUT2D eigenvalue weighted by Crippen LogP contribution is 2.16. The van der Waals surface area contributed by atoms with Gasteiger partial charge in [-0.2, -0.15) is 0 Å². The zero-order valence-electron chi connectivity index (χ0n) is 11.3. The molecule has 0 aliphatic carbocycles. The average Bonchev–Trinajstić information content (AvgIpc) is 2.37. The third kappa shape index (κ3) is 3.70. The molecule has 1 N–H and O–H groups in total. The van der Waals surface area contributed by atoms with Crippen LogP contribution in [-0.4, -0.2) is 37.8 Å². The summed E-state index contributed by atoms with van der Waals surface area (Å²) in [6.45, 7) is 4.49. The van der Waals surface area contributed by atoms with Gasteiger partial charge in [0.25, 0.3) is 0 Å². The number of aromatic nitrogens is 1. The first-order chi connectivity index (χ1) is 8.62. The number of nitrogens with one attached hydrogen (secondary N) is 1. The number of hydrogen-bond donors (Lipinski definition) is 1. The van der Waals surface area contributed by atoms with Crippen LogP contribution in [0.2, 0.25) is 0 Å². The second-order valence-corrected chi connectivity index (χ2v) is 4.05. The second kappa shape index (κ2) is 6.96. The lowest BCUT2D eigenvalue weighted by Crippen LogP contribution is -2.26. The first kappa shape index (κ1) is 14.4. The fraction of sp³-hybridized carbons (Fsp3) is 0.538. The summed E-state index contributed by atoms with van der Waals surface area (Å²) < 4.78 is 9.86. The van der Waals surface area contributed by atoms with Gasteiger partial charge in [-0.25, -0.2) is 9.78 Å². The highest BCUT2D eigenvalue weighted by Gasteiger charge is 2.16. The molecule has 0 radical (unpaired) electrons. The Balaban J connectivity index is 2.97. The van der Waals surface area contributed by atoms with Gasteiger partial charge in [-0.1, -0.05) is 6.92 Å². The minimum atomic E-state index is -0.391. The van der Waals surface area contributed by atoms with Gasteiger partial charge in [-0.05, 0) is 25.5 Å². The Morgan fingerprint density at radius 2 is 2.17 bits per heavy atom. The van der Waals surface area contributed by atoms with E-state index in [1.165, 1.54) is 7.11 Å². The molecule has 18 heavy (non-hydrogen) atoms. The summed E-state index contributed by atoms with van der Waals surface area (Å²) in [5.74, 6) is 0.156. The van der Waals surface area contributed by atoms with Crippen LogP contribution in [0.3, 0.4) is 0 Å². The number of aryl methyl sites for hydroxylation is 1. The Bertz CT molecular complexity index is 407. The topological polar surface area (TPSA) is 60.5 Å². The number of pyridine rings is 1. The Morgan fingerprint density at radius 3 is 2.72 bits per heavy atom. The van der Waals surface area contributed by atoms with E-state index in [4.69, 9.17) is 9.47 Å². The summed E-state index contributed by atoms with van der Waals surface area (Å²) in [6, 6.07) is 3.62. The SMILES string of the molecule is CC[C@@H](COC)Nc1nc(C)ccc1C(=O)OC. The molecule has 0 aromatic carbocycles. The molecule has 1 atom stereocenters. The van der Waals surface area contributed by atoms with Gasteiger partial charge in [-0.15, -0.1) is 0 Å². The van der Waals surface area contributed by atoms with Crippen LogP contribution >= 0.6 is 0 Å². The van der Waals surface area contributed by atoms with Crippen LogP contribution in [0.5, 0.6) is 0 Å². The zero-order valence-corrected chi connectivity index (χ0v) is 11.3. The molecule has 1 rings (SSSR count). The molecule has 0 aliphatic rings. The van der Waals surface area contributed by atoms with E-state index >= 15 is 0 Å². The van der Waals surface area contributed by atoms with Crippen molar-refractivity contribution in [1.82, 2.24) is 4.98 Å². The number of anilines is 1. The van der Waals surface area contributed by atoms with Crippen LogP contribution in [0.25, 0.3) is 0 Å². The molecule has 0 amide bonds. The minimum Gasteiger partial charge on any atom is -0.465 e. The molecule has 5 heteroatoms. The van der Waals surface area contributed by atoms with Crippen molar-refractivity contribution >= 4 is 11.8 Å². The molecule has 0 saturated carbocycles. The summed E-state index contributed by atoms with van der Waals surface area (Å²) in [6.07, 6.45) is 0.879. The van der Waals surface area contributed by atoms with Crippen molar-refractivity contribution < 1.29 is 14.3 Å². The number of esters is 1. The molecule has 0 bridgehead atoms. The normalized spacial score (nSPS) is 12.0. The summed E-state index contributed by atoms with van der Waals surface area (Å²) in [4.78, 5) is 16.0. The maximum atomic E-state index is 11.6. The van der Waals surface area contributed by atoms with Crippen molar-refractivity contribution in [3.05, 3.63) is 23.4 Å². The van der Waals surface area contributed by atoms with Gasteiger partial charge in [-0.3, -0.25) is 0 Å². The smallest absolute Gasteiger partial charge is 0.341 e. The van der Waals surface area contributed by atoms with E-state index in [0.717, 1.165) is 12.1 Å². The molecule has 0 saturated heterocycles. The van der Waals surface area contributed by atoms with E-state index in [0.29, 0.717) is 18.0 Å². The molecular weight excluding hydrogens is 232 g/mol. The summed E-state index contributed by atoms with van der Waals surface area (Å²) in [7, 11) is 3.01. The van der Waals surface area contributed by atoms with E-state index in [1.807, 2.05) is 13.8 Å². The van der Waals surface area contributed by atoms with Crippen molar-refractivity contribution in [1.29, 1.82) is 0 Å². The molecule has 0 aliphatic heterocycles. The van der Waals surface area contributed by atoms with Crippen molar-refractivity contribution in [3.63, 3.8) is 0 Å². The number of nitrogens with zero attached hydrogens (tertiary/aromatic N) is 1. The fourth-order valence-electron chi connectivity index (χ4n) is 1.60. The van der Waals surface area contributed by atoms with Crippen LogP contribution in [0.15, 0.2) is 12.1 Å². The highest BCUT2D eigenvalue weighted by atomic mass is 16.5. The van der Waals surface area contributed by atoms with E-state index in [1.54, 1.807) is 19.2 Å². The number of hydrogen-bond acceptors (Lipinski definition) is 5. The summed E-state index contributed by atoms with van der Waals surface area (Å²) in [5.41, 5.74) is 1.29. The molecule has 0 spiro atoms. The number of carbonyl (C=O) groups excluding carboxylic acids is 1. The summed E-state index contributed by atoms with van der Waals surface area (Å²) >= 11 is 0. The van der Waals surface area contributed by atoms with Gasteiger partial charge in [0.1, 0.15) is 11.4 Å². The molecule has 1 aromatic heterocycles. The maximum Gasteiger partial charge on any atom is 0.341 e. The van der Waals surface area contributed by atoms with E-state index in [9.17, 15) is 4.79 Å². The zero-order chi connectivity index (χ0) is 13.5. The first-order valence-corrected chi connectivity index (χ1v) is 5.93. The Labute approximate surface area is 108 Å². The molecule has 0 unspecified atom stereocenters. The second-order valence-electron chi connectivity index (χ2n) is 4.05. The van der Waals surface area contributed by atoms with Crippen molar-refractivity contribution in [3.8, 4) is 0 Å². The highest BCUT2D eigenvalue weighted by molar-refractivity contribution is 5.94. The predicted octanol–water partition coefficient (Wildman–Crippen LogP) is 2.01. The van der Waals surface area contributed by atoms with Crippen molar-refractivity contribution in [2.24, 2.45) is 0 Å². The van der Waals surface area contributed by atoms with Crippen LogP contribution in [0.1, 0.15) is 29.4 Å². The Morgan fingerprint density at radius 1 is 1.44 bits per heavy atom. The standard InChI is InChI=1S/C13H20N2O3/c1-5-10(8-17-3)15-12-11(13(16)18-4)7-6-9(2)14-12/h6-7,10H,5,8H2,1-4H3,(H,14,15)/t10-/m0/s1. The molecule has 1 aromatic rings. The number of methoxy groups -OCH3 is 2. The van der Waals surface area contributed by atoms with Gasteiger partial charge < -0.3 is 14.8 Å². The maximum absolute atomic E-state index is 11.6. The lowest BCUT2D eigenvalue weighted by atomic mass is 10.2. The van der Waals surface area contributed by atoms with Crippen LogP contribution < -0.4 is 5.32 Å². The van der Waals surface area contributed by atoms with Crippen LogP contribution in [-0.2, 0) is 9.47 Å². The third-order valence-corrected chi connectivity index (χ3v) is 2.64. The largest absolute Gasteiger partial charge is 0.465 e. The van der Waals surface area contributed by atoms with Crippen molar-refractivity contribution in [2.45, 2.75) is 26.3 Å². The van der Waals surface area contributed by atoms with Crippen LogP contribution in [0.4, 0.5) is 5.82 Å². The first-order valence-electron chi connectivity index (χ1n) is 5.93. The molecule has 5 nitrogen and oxygen atoms in total. The monoisotopic (exact) mass is 252 g/mol. The molecule has 1 heterocycles.